The van der Waals surface area contributed by atoms with Gasteiger partial charge in [-0.05, 0) is 36.1 Å². The van der Waals surface area contributed by atoms with Gasteiger partial charge in [-0.2, -0.15) is 0 Å². The fourth-order valence-corrected chi connectivity index (χ4v) is 1.61. The first-order valence-electron chi connectivity index (χ1n) is 5.99. The van der Waals surface area contributed by atoms with Crippen molar-refractivity contribution < 1.29 is 4.79 Å². The molecule has 3 heteroatoms. The van der Waals surface area contributed by atoms with Crippen LogP contribution < -0.4 is 11.1 Å². The van der Waals surface area contributed by atoms with E-state index in [-0.39, 0.29) is 11.3 Å². The lowest BCUT2D eigenvalue weighted by atomic mass is 9.92. The summed E-state index contributed by atoms with van der Waals surface area (Å²) in [4.78, 5) is 11.7. The monoisotopic (exact) mass is 234 g/mol. The predicted molar refractivity (Wildman–Crippen MR) is 71.9 cm³/mol. The summed E-state index contributed by atoms with van der Waals surface area (Å²) < 4.78 is 0. The quantitative estimate of drug-likeness (QED) is 0.841. The fourth-order valence-electron chi connectivity index (χ4n) is 1.61. The molecule has 0 unspecified atom stereocenters. The molecular weight excluding hydrogens is 212 g/mol. The Morgan fingerprint density at radius 3 is 2.29 bits per heavy atom. The molecule has 3 nitrogen and oxygen atoms in total. The van der Waals surface area contributed by atoms with Crippen LogP contribution in [0.5, 0.6) is 0 Å². The van der Waals surface area contributed by atoms with Gasteiger partial charge in [-0.1, -0.05) is 32.9 Å². The summed E-state index contributed by atoms with van der Waals surface area (Å²) >= 11 is 0. The number of nitrogens with two attached hydrogens (primary N) is 1. The highest BCUT2D eigenvalue weighted by molar-refractivity contribution is 5.91. The summed E-state index contributed by atoms with van der Waals surface area (Å²) in [6.07, 6.45) is 1.40. The van der Waals surface area contributed by atoms with Gasteiger partial charge in [0.2, 0.25) is 5.91 Å². The molecule has 0 fully saturated rings. The van der Waals surface area contributed by atoms with Crippen molar-refractivity contribution in [2.45, 2.75) is 33.6 Å². The number of nitrogens with one attached hydrogen (secondary N) is 1. The molecule has 0 bridgehead atoms. The van der Waals surface area contributed by atoms with Crippen molar-refractivity contribution in [1.29, 1.82) is 0 Å². The van der Waals surface area contributed by atoms with Crippen LogP contribution in [0.4, 0.5) is 5.69 Å². The predicted octanol–water partition coefficient (Wildman–Crippen LogP) is 2.56. The summed E-state index contributed by atoms with van der Waals surface area (Å²) in [6.45, 7) is 6.81. The van der Waals surface area contributed by atoms with E-state index >= 15 is 0 Å². The topological polar surface area (TPSA) is 55.1 Å². The van der Waals surface area contributed by atoms with E-state index in [9.17, 15) is 4.79 Å². The van der Waals surface area contributed by atoms with Gasteiger partial charge >= 0.3 is 0 Å². The van der Waals surface area contributed by atoms with Crippen LogP contribution in [0.1, 0.15) is 32.8 Å². The smallest absolute Gasteiger partial charge is 0.224 e. The van der Waals surface area contributed by atoms with Crippen LogP contribution in [-0.2, 0) is 11.2 Å². The molecule has 0 aliphatic carbocycles. The SMILES string of the molecule is CC(C)(C)CC(=O)Nc1ccc(CCN)cc1. The molecule has 0 aliphatic rings. The second kappa shape index (κ2) is 5.82. The Bertz CT molecular complexity index is 363. The van der Waals surface area contributed by atoms with Crippen molar-refractivity contribution >= 4 is 11.6 Å². The molecule has 0 heterocycles. The summed E-state index contributed by atoms with van der Waals surface area (Å²) in [5.74, 6) is 0.0593. The Labute approximate surface area is 103 Å². The highest BCUT2D eigenvalue weighted by atomic mass is 16.1. The molecule has 94 valence electrons. The average molecular weight is 234 g/mol. The Morgan fingerprint density at radius 2 is 1.82 bits per heavy atom. The molecule has 1 aromatic rings. The maximum atomic E-state index is 11.7. The third-order valence-corrected chi connectivity index (χ3v) is 2.36. The van der Waals surface area contributed by atoms with E-state index in [2.05, 4.69) is 26.1 Å². The van der Waals surface area contributed by atoms with Gasteiger partial charge in [-0.15, -0.1) is 0 Å². The van der Waals surface area contributed by atoms with E-state index in [0.29, 0.717) is 13.0 Å². The largest absolute Gasteiger partial charge is 0.330 e. The summed E-state index contributed by atoms with van der Waals surface area (Å²) in [6, 6.07) is 7.84. The zero-order valence-corrected chi connectivity index (χ0v) is 10.9. The van der Waals surface area contributed by atoms with E-state index in [4.69, 9.17) is 5.73 Å². The first-order valence-corrected chi connectivity index (χ1v) is 5.99. The summed E-state index contributed by atoms with van der Waals surface area (Å²) in [5, 5.41) is 2.90. The van der Waals surface area contributed by atoms with Gasteiger partial charge in [-0.25, -0.2) is 0 Å². The first-order chi connectivity index (χ1) is 7.90. The van der Waals surface area contributed by atoms with Gasteiger partial charge < -0.3 is 11.1 Å². The average Bonchev–Trinajstić information content (AvgIpc) is 2.18. The lowest BCUT2D eigenvalue weighted by Crippen LogP contribution is -2.19. The van der Waals surface area contributed by atoms with Crippen LogP contribution in [0.2, 0.25) is 0 Å². The standard InChI is InChI=1S/C14H22N2O/c1-14(2,3)10-13(17)16-12-6-4-11(5-7-12)8-9-15/h4-7H,8-10,15H2,1-3H3,(H,16,17). The molecular formula is C14H22N2O. The van der Waals surface area contributed by atoms with E-state index in [1.165, 1.54) is 5.56 Å². The van der Waals surface area contributed by atoms with Gasteiger partial charge in [0.15, 0.2) is 0 Å². The van der Waals surface area contributed by atoms with Crippen LogP contribution in [0, 0.1) is 5.41 Å². The lowest BCUT2D eigenvalue weighted by Gasteiger charge is -2.17. The molecule has 0 aliphatic heterocycles. The van der Waals surface area contributed by atoms with Crippen LogP contribution in [0.15, 0.2) is 24.3 Å². The number of hydrogen-bond donors (Lipinski definition) is 2. The minimum atomic E-state index is 0.0174. The minimum absolute atomic E-state index is 0.0174. The summed E-state index contributed by atoms with van der Waals surface area (Å²) in [5.41, 5.74) is 7.54. The van der Waals surface area contributed by atoms with Gasteiger partial charge in [0.25, 0.3) is 0 Å². The normalized spacial score (nSPS) is 11.3. The Balaban J connectivity index is 2.54. The molecule has 1 aromatic carbocycles. The molecule has 17 heavy (non-hydrogen) atoms. The second-order valence-electron chi connectivity index (χ2n) is 5.52. The van der Waals surface area contributed by atoms with Gasteiger partial charge in [-0.3, -0.25) is 4.79 Å². The molecule has 3 N–H and O–H groups in total. The van der Waals surface area contributed by atoms with Crippen molar-refractivity contribution in [1.82, 2.24) is 0 Å². The number of amides is 1. The minimum Gasteiger partial charge on any atom is -0.330 e. The first kappa shape index (κ1) is 13.7. The van der Waals surface area contributed by atoms with E-state index < -0.39 is 0 Å². The van der Waals surface area contributed by atoms with E-state index in [0.717, 1.165) is 12.1 Å². The Kier molecular flexibility index (Phi) is 4.70. The molecule has 0 saturated carbocycles. The fraction of sp³-hybridized carbons (Fsp3) is 0.500. The molecule has 1 rings (SSSR count). The van der Waals surface area contributed by atoms with Crippen molar-refractivity contribution in [3.05, 3.63) is 29.8 Å². The maximum Gasteiger partial charge on any atom is 0.224 e. The van der Waals surface area contributed by atoms with Crippen molar-refractivity contribution in [2.75, 3.05) is 11.9 Å². The second-order valence-corrected chi connectivity index (χ2v) is 5.52. The Hall–Kier alpha value is -1.35. The van der Waals surface area contributed by atoms with Crippen molar-refractivity contribution in [3.63, 3.8) is 0 Å². The van der Waals surface area contributed by atoms with Crippen LogP contribution in [0.3, 0.4) is 0 Å². The van der Waals surface area contributed by atoms with Gasteiger partial charge in [0, 0.05) is 12.1 Å². The van der Waals surface area contributed by atoms with Gasteiger partial charge in [0.05, 0.1) is 0 Å². The zero-order chi connectivity index (χ0) is 12.9. The molecule has 0 atom stereocenters. The summed E-state index contributed by atoms with van der Waals surface area (Å²) in [7, 11) is 0. The molecule has 0 spiro atoms. The highest BCUT2D eigenvalue weighted by Gasteiger charge is 2.15. The van der Waals surface area contributed by atoms with Crippen LogP contribution in [0.25, 0.3) is 0 Å². The number of carbonyl (C=O) groups is 1. The third-order valence-electron chi connectivity index (χ3n) is 2.36. The lowest BCUT2D eigenvalue weighted by molar-refractivity contribution is -0.117. The molecule has 0 radical (unpaired) electrons. The van der Waals surface area contributed by atoms with Crippen molar-refractivity contribution in [2.24, 2.45) is 11.1 Å². The number of rotatable bonds is 4. The number of carbonyl (C=O) groups excluding carboxylic acids is 1. The van der Waals surface area contributed by atoms with Gasteiger partial charge in [0.1, 0.15) is 0 Å². The van der Waals surface area contributed by atoms with Crippen LogP contribution in [-0.4, -0.2) is 12.5 Å². The number of hydrogen-bond acceptors (Lipinski definition) is 2. The maximum absolute atomic E-state index is 11.7. The molecule has 0 aromatic heterocycles. The zero-order valence-electron chi connectivity index (χ0n) is 10.9. The molecule has 1 amide bonds. The van der Waals surface area contributed by atoms with E-state index in [1.807, 2.05) is 24.3 Å². The van der Waals surface area contributed by atoms with Crippen LogP contribution >= 0.6 is 0 Å². The van der Waals surface area contributed by atoms with Crippen molar-refractivity contribution in [3.8, 4) is 0 Å². The third kappa shape index (κ3) is 5.50. The molecule has 0 saturated heterocycles. The number of anilines is 1. The van der Waals surface area contributed by atoms with E-state index in [1.54, 1.807) is 0 Å². The number of benzene rings is 1. The Morgan fingerprint density at radius 1 is 1.24 bits per heavy atom. The highest BCUT2D eigenvalue weighted by Crippen LogP contribution is 2.19.